The van der Waals surface area contributed by atoms with Gasteiger partial charge in [0.05, 0.1) is 23.1 Å². The number of aromatic amines is 1. The summed E-state index contributed by atoms with van der Waals surface area (Å²) in [6.07, 6.45) is 0. The van der Waals surface area contributed by atoms with Gasteiger partial charge < -0.3 is 16.0 Å². The number of sulfone groups is 1. The molecule has 2 unspecified atom stereocenters. The van der Waals surface area contributed by atoms with Gasteiger partial charge in [-0.2, -0.15) is 0 Å². The van der Waals surface area contributed by atoms with Crippen molar-refractivity contribution in [1.82, 2.24) is 10.3 Å². The molecule has 1 aromatic carbocycles. The first-order chi connectivity index (χ1) is 10.2. The summed E-state index contributed by atoms with van der Waals surface area (Å²) in [5, 5.41) is 2.58. The van der Waals surface area contributed by atoms with Gasteiger partial charge in [-0.05, 0) is 12.1 Å². The van der Waals surface area contributed by atoms with Gasteiger partial charge in [0.2, 0.25) is 0 Å². The van der Waals surface area contributed by atoms with Crippen LogP contribution in [0.5, 0.6) is 0 Å². The number of nitrogens with two attached hydrogens (primary N) is 1. The Morgan fingerprint density at radius 2 is 2.00 bits per heavy atom. The van der Waals surface area contributed by atoms with Crippen LogP contribution >= 0.6 is 0 Å². The number of fused-ring (bicyclic) bond motifs is 1. The molecule has 0 bridgehead atoms. The van der Waals surface area contributed by atoms with Crippen LogP contribution in [0.2, 0.25) is 0 Å². The standard InChI is InChI=1S/C13H13F2N3O3S/c14-6-1-8(15)7-3-11(17-10(7)2-6)13(19)18-12-5-22(20,21)4-9(12)16/h1-3,9,12,17H,4-5,16H2,(H,18,19). The van der Waals surface area contributed by atoms with Crippen LogP contribution in [0.1, 0.15) is 10.5 Å². The van der Waals surface area contributed by atoms with Gasteiger partial charge in [-0.15, -0.1) is 0 Å². The predicted molar refractivity (Wildman–Crippen MR) is 76.1 cm³/mol. The molecule has 3 rings (SSSR count). The van der Waals surface area contributed by atoms with Crippen LogP contribution in [-0.2, 0) is 9.84 Å². The SMILES string of the molecule is NC1CS(=O)(=O)CC1NC(=O)c1cc2c(F)cc(F)cc2[nH]1. The Balaban J connectivity index is 1.85. The quantitative estimate of drug-likeness (QED) is 0.737. The molecule has 2 heterocycles. The Hall–Kier alpha value is -2.00. The monoisotopic (exact) mass is 329 g/mol. The molecule has 0 aliphatic carbocycles. The fraction of sp³-hybridized carbons (Fsp3) is 0.308. The second-order valence-electron chi connectivity index (χ2n) is 5.35. The topological polar surface area (TPSA) is 105 Å². The fourth-order valence-corrected chi connectivity index (χ4v) is 4.38. The Labute approximate surface area is 124 Å². The van der Waals surface area contributed by atoms with E-state index in [1.807, 2.05) is 0 Å². The third kappa shape index (κ3) is 2.69. The Morgan fingerprint density at radius 3 is 2.64 bits per heavy atom. The summed E-state index contributed by atoms with van der Waals surface area (Å²) in [6.45, 7) is 0. The molecular formula is C13H13F2N3O3S. The maximum absolute atomic E-state index is 13.6. The zero-order chi connectivity index (χ0) is 16.1. The number of hydrogen-bond acceptors (Lipinski definition) is 4. The molecule has 6 nitrogen and oxygen atoms in total. The molecule has 1 aromatic heterocycles. The van der Waals surface area contributed by atoms with Gasteiger partial charge in [0.1, 0.15) is 17.3 Å². The number of benzene rings is 1. The van der Waals surface area contributed by atoms with E-state index < -0.39 is 39.5 Å². The summed E-state index contributed by atoms with van der Waals surface area (Å²) in [6, 6.07) is 1.64. The Morgan fingerprint density at radius 1 is 1.27 bits per heavy atom. The van der Waals surface area contributed by atoms with E-state index in [9.17, 15) is 22.0 Å². The van der Waals surface area contributed by atoms with Crippen LogP contribution in [0, 0.1) is 11.6 Å². The van der Waals surface area contributed by atoms with Crippen molar-refractivity contribution in [3.63, 3.8) is 0 Å². The number of halogens is 2. The molecule has 9 heteroatoms. The number of carbonyl (C=O) groups excluding carboxylic acids is 1. The van der Waals surface area contributed by atoms with Crippen LogP contribution in [0.15, 0.2) is 18.2 Å². The molecule has 1 fully saturated rings. The minimum atomic E-state index is -3.27. The number of carbonyl (C=O) groups is 1. The van der Waals surface area contributed by atoms with E-state index >= 15 is 0 Å². The molecule has 2 atom stereocenters. The molecule has 4 N–H and O–H groups in total. The molecule has 22 heavy (non-hydrogen) atoms. The average molecular weight is 329 g/mol. The van der Waals surface area contributed by atoms with Gasteiger partial charge in [0, 0.05) is 17.5 Å². The third-order valence-corrected chi connectivity index (χ3v) is 5.37. The summed E-state index contributed by atoms with van der Waals surface area (Å²) in [7, 11) is -3.27. The molecular weight excluding hydrogens is 316 g/mol. The van der Waals surface area contributed by atoms with Gasteiger partial charge in [0.15, 0.2) is 9.84 Å². The maximum atomic E-state index is 13.6. The van der Waals surface area contributed by atoms with Crippen molar-refractivity contribution in [2.45, 2.75) is 12.1 Å². The molecule has 0 radical (unpaired) electrons. The van der Waals surface area contributed by atoms with Crippen molar-refractivity contribution in [1.29, 1.82) is 0 Å². The Kier molecular flexibility index (Phi) is 3.41. The van der Waals surface area contributed by atoms with Crippen LogP contribution in [0.4, 0.5) is 8.78 Å². The fourth-order valence-electron chi connectivity index (χ4n) is 2.55. The first-order valence-electron chi connectivity index (χ1n) is 6.50. The van der Waals surface area contributed by atoms with Crippen molar-refractivity contribution >= 4 is 26.6 Å². The number of rotatable bonds is 2. The maximum Gasteiger partial charge on any atom is 0.268 e. The summed E-state index contributed by atoms with van der Waals surface area (Å²) >= 11 is 0. The highest BCUT2D eigenvalue weighted by atomic mass is 32.2. The van der Waals surface area contributed by atoms with Crippen LogP contribution < -0.4 is 11.1 Å². The molecule has 1 aliphatic rings. The van der Waals surface area contributed by atoms with Crippen LogP contribution in [0.25, 0.3) is 10.9 Å². The van der Waals surface area contributed by atoms with Gasteiger partial charge in [-0.25, -0.2) is 17.2 Å². The first-order valence-corrected chi connectivity index (χ1v) is 8.32. The van der Waals surface area contributed by atoms with Gasteiger partial charge in [-0.1, -0.05) is 0 Å². The minimum absolute atomic E-state index is 0.0102. The number of H-pyrrole nitrogens is 1. The third-order valence-electron chi connectivity index (χ3n) is 3.61. The van der Waals surface area contributed by atoms with Crippen molar-refractivity contribution in [2.24, 2.45) is 5.73 Å². The van der Waals surface area contributed by atoms with Gasteiger partial charge in [0.25, 0.3) is 5.91 Å². The summed E-state index contributed by atoms with van der Waals surface area (Å²) in [4.78, 5) is 14.7. The summed E-state index contributed by atoms with van der Waals surface area (Å²) in [5.74, 6) is -2.59. The Bertz CT molecular complexity index is 863. The number of nitrogens with one attached hydrogen (secondary N) is 2. The van der Waals surface area contributed by atoms with Gasteiger partial charge in [-0.3, -0.25) is 4.79 Å². The molecule has 0 spiro atoms. The van der Waals surface area contributed by atoms with Crippen molar-refractivity contribution in [3.05, 3.63) is 35.5 Å². The molecule has 1 saturated heterocycles. The minimum Gasteiger partial charge on any atom is -0.350 e. The van der Waals surface area contributed by atoms with Crippen molar-refractivity contribution in [2.75, 3.05) is 11.5 Å². The largest absolute Gasteiger partial charge is 0.350 e. The van der Waals surface area contributed by atoms with E-state index in [2.05, 4.69) is 10.3 Å². The van der Waals surface area contributed by atoms with Crippen LogP contribution in [-0.4, -0.2) is 42.9 Å². The van der Waals surface area contributed by atoms with E-state index in [4.69, 9.17) is 5.73 Å². The highest BCUT2D eigenvalue weighted by Gasteiger charge is 2.36. The molecule has 0 saturated carbocycles. The molecule has 118 valence electrons. The zero-order valence-corrected chi connectivity index (χ0v) is 12.1. The van der Waals surface area contributed by atoms with E-state index in [0.717, 1.165) is 12.1 Å². The number of amides is 1. The molecule has 1 amide bonds. The lowest BCUT2D eigenvalue weighted by molar-refractivity contribution is 0.0934. The van der Waals surface area contributed by atoms with E-state index in [1.54, 1.807) is 0 Å². The highest BCUT2D eigenvalue weighted by molar-refractivity contribution is 7.91. The predicted octanol–water partition coefficient (Wildman–Crippen LogP) is 0.300. The smallest absolute Gasteiger partial charge is 0.268 e. The highest BCUT2D eigenvalue weighted by Crippen LogP contribution is 2.21. The van der Waals surface area contributed by atoms with E-state index in [1.165, 1.54) is 6.07 Å². The van der Waals surface area contributed by atoms with Crippen molar-refractivity contribution < 1.29 is 22.0 Å². The second-order valence-corrected chi connectivity index (χ2v) is 7.51. The summed E-state index contributed by atoms with van der Waals surface area (Å²) < 4.78 is 49.7. The first kappa shape index (κ1) is 14.9. The second kappa shape index (κ2) is 5.03. The zero-order valence-electron chi connectivity index (χ0n) is 11.3. The van der Waals surface area contributed by atoms with Crippen LogP contribution in [0.3, 0.4) is 0 Å². The number of hydrogen-bond donors (Lipinski definition) is 3. The van der Waals surface area contributed by atoms with E-state index in [-0.39, 0.29) is 28.1 Å². The molecule has 2 aromatic rings. The van der Waals surface area contributed by atoms with Crippen molar-refractivity contribution in [3.8, 4) is 0 Å². The molecule has 1 aliphatic heterocycles. The lowest BCUT2D eigenvalue weighted by Gasteiger charge is -2.14. The average Bonchev–Trinajstić information content (AvgIpc) is 2.90. The summed E-state index contributed by atoms with van der Waals surface area (Å²) in [5.41, 5.74) is 5.84. The number of aromatic nitrogens is 1. The normalized spacial score (nSPS) is 23.8. The van der Waals surface area contributed by atoms with Gasteiger partial charge >= 0.3 is 0 Å². The van der Waals surface area contributed by atoms with E-state index in [0.29, 0.717) is 0 Å². The lowest BCUT2D eigenvalue weighted by atomic mass is 10.2. The lowest BCUT2D eigenvalue weighted by Crippen LogP contribution is -2.46.